The number of rotatable bonds is 5. The van der Waals surface area contributed by atoms with Crippen LogP contribution in [0.15, 0.2) is 6.07 Å². The maximum atomic E-state index is 13.2. The molecule has 0 atom stereocenters. The van der Waals surface area contributed by atoms with Crippen molar-refractivity contribution in [2.24, 2.45) is 5.92 Å². The minimum atomic E-state index is -0.778. The first-order valence-corrected chi connectivity index (χ1v) is 5.21. The summed E-state index contributed by atoms with van der Waals surface area (Å²) >= 11 is 0. The zero-order valence-corrected chi connectivity index (χ0v) is 9.68. The van der Waals surface area contributed by atoms with Crippen molar-refractivity contribution in [2.75, 3.05) is 19.0 Å². The third-order valence-corrected chi connectivity index (χ3v) is 2.07. The van der Waals surface area contributed by atoms with E-state index in [2.05, 4.69) is 10.3 Å². The molecular formula is C11H16F2N2O. The number of nitrogens with one attached hydrogen (secondary N) is 1. The lowest BCUT2D eigenvalue weighted by Gasteiger charge is -2.09. The largest absolute Gasteiger partial charge is 0.476 e. The van der Waals surface area contributed by atoms with Crippen molar-refractivity contribution in [1.82, 2.24) is 4.98 Å². The summed E-state index contributed by atoms with van der Waals surface area (Å²) in [6, 6.07) is 0.767. The van der Waals surface area contributed by atoms with Gasteiger partial charge in [0.1, 0.15) is 0 Å². The van der Waals surface area contributed by atoms with E-state index < -0.39 is 11.6 Å². The molecule has 1 heterocycles. The number of aromatic nitrogens is 1. The van der Waals surface area contributed by atoms with Crippen molar-refractivity contribution >= 4 is 5.82 Å². The summed E-state index contributed by atoms with van der Waals surface area (Å²) in [7, 11) is 1.52. The fourth-order valence-corrected chi connectivity index (χ4v) is 1.12. The van der Waals surface area contributed by atoms with E-state index in [-0.39, 0.29) is 11.7 Å². The minimum absolute atomic E-state index is 0.0130. The molecule has 0 radical (unpaired) electrons. The quantitative estimate of drug-likeness (QED) is 0.844. The van der Waals surface area contributed by atoms with Gasteiger partial charge in [-0.2, -0.15) is 4.98 Å². The third-order valence-electron chi connectivity index (χ3n) is 2.07. The molecule has 90 valence electrons. The van der Waals surface area contributed by atoms with Gasteiger partial charge in [0.25, 0.3) is 5.88 Å². The molecule has 1 aromatic rings. The van der Waals surface area contributed by atoms with E-state index in [4.69, 9.17) is 4.74 Å². The Kier molecular flexibility index (Phi) is 4.46. The molecule has 1 aromatic heterocycles. The molecule has 0 saturated heterocycles. The highest BCUT2D eigenvalue weighted by molar-refractivity contribution is 5.38. The smallest absolute Gasteiger partial charge is 0.252 e. The molecule has 3 nitrogen and oxygen atoms in total. The average molecular weight is 230 g/mol. The lowest BCUT2D eigenvalue weighted by molar-refractivity contribution is 0.265. The molecule has 1 rings (SSSR count). The van der Waals surface area contributed by atoms with Crippen molar-refractivity contribution in [3.8, 4) is 5.88 Å². The summed E-state index contributed by atoms with van der Waals surface area (Å²) in [5.41, 5.74) is 0. The van der Waals surface area contributed by atoms with Crippen molar-refractivity contribution in [2.45, 2.75) is 20.3 Å². The van der Waals surface area contributed by atoms with Crippen LogP contribution in [0, 0.1) is 17.6 Å². The molecule has 0 aliphatic heterocycles. The van der Waals surface area contributed by atoms with Gasteiger partial charge < -0.3 is 10.1 Å². The van der Waals surface area contributed by atoms with Gasteiger partial charge in [-0.25, -0.2) is 8.78 Å². The highest BCUT2D eigenvalue weighted by Gasteiger charge is 2.12. The number of pyridine rings is 1. The highest BCUT2D eigenvalue weighted by atomic mass is 19.1. The summed E-state index contributed by atoms with van der Waals surface area (Å²) in [5.74, 6) is -1.21. The number of hydrogen-bond acceptors (Lipinski definition) is 3. The van der Waals surface area contributed by atoms with Gasteiger partial charge in [0.2, 0.25) is 0 Å². The Hall–Kier alpha value is -1.39. The Morgan fingerprint density at radius 1 is 1.38 bits per heavy atom. The summed E-state index contributed by atoms with van der Waals surface area (Å²) in [4.78, 5) is 3.70. The number of nitrogens with zero attached hydrogens (tertiary/aromatic N) is 1. The Labute approximate surface area is 93.8 Å². The first kappa shape index (κ1) is 12.7. The Balaban J connectivity index is 2.72. The van der Waals surface area contributed by atoms with Gasteiger partial charge in [0.05, 0.1) is 6.61 Å². The molecule has 0 unspecified atom stereocenters. The van der Waals surface area contributed by atoms with Crippen LogP contribution in [0.4, 0.5) is 14.6 Å². The van der Waals surface area contributed by atoms with Crippen molar-refractivity contribution in [3.05, 3.63) is 17.7 Å². The monoisotopic (exact) mass is 230 g/mol. The number of halogens is 2. The molecule has 0 amide bonds. The van der Waals surface area contributed by atoms with Gasteiger partial charge in [-0.1, -0.05) is 13.8 Å². The normalized spacial score (nSPS) is 10.6. The second-order valence-electron chi connectivity index (χ2n) is 3.89. The molecule has 1 N–H and O–H groups in total. The summed E-state index contributed by atoms with van der Waals surface area (Å²) in [6.45, 7) is 4.45. The van der Waals surface area contributed by atoms with E-state index in [1.807, 2.05) is 13.8 Å². The van der Waals surface area contributed by atoms with Gasteiger partial charge in [-0.05, 0) is 12.3 Å². The number of ether oxygens (including phenoxy) is 1. The van der Waals surface area contributed by atoms with Crippen LogP contribution in [0.2, 0.25) is 0 Å². The van der Waals surface area contributed by atoms with Crippen LogP contribution in [0.1, 0.15) is 20.3 Å². The predicted octanol–water partition coefficient (Wildman–Crippen LogP) is 2.83. The van der Waals surface area contributed by atoms with Crippen LogP contribution < -0.4 is 10.1 Å². The summed E-state index contributed by atoms with van der Waals surface area (Å²) in [6.07, 6.45) is 0.799. The maximum Gasteiger partial charge on any atom is 0.252 e. The molecule has 0 saturated carbocycles. The van der Waals surface area contributed by atoms with E-state index in [1.165, 1.54) is 7.05 Å². The number of anilines is 1. The second kappa shape index (κ2) is 5.63. The zero-order valence-electron chi connectivity index (χ0n) is 9.68. The van der Waals surface area contributed by atoms with Gasteiger partial charge >= 0.3 is 0 Å². The van der Waals surface area contributed by atoms with Crippen molar-refractivity contribution < 1.29 is 13.5 Å². The Morgan fingerprint density at radius 2 is 2.06 bits per heavy atom. The molecule has 16 heavy (non-hydrogen) atoms. The van der Waals surface area contributed by atoms with E-state index in [0.29, 0.717) is 12.5 Å². The average Bonchev–Trinajstić information content (AvgIpc) is 2.20. The fraction of sp³-hybridized carbons (Fsp3) is 0.545. The van der Waals surface area contributed by atoms with Gasteiger partial charge in [-0.15, -0.1) is 0 Å². The van der Waals surface area contributed by atoms with E-state index in [0.717, 1.165) is 12.5 Å². The van der Waals surface area contributed by atoms with Gasteiger partial charge in [0, 0.05) is 13.1 Å². The molecular weight excluding hydrogens is 214 g/mol. The van der Waals surface area contributed by atoms with E-state index in [1.54, 1.807) is 0 Å². The molecule has 0 fully saturated rings. The molecule has 0 aliphatic carbocycles. The van der Waals surface area contributed by atoms with Crippen LogP contribution in [-0.4, -0.2) is 18.6 Å². The number of hydrogen-bond donors (Lipinski definition) is 1. The fourth-order valence-electron chi connectivity index (χ4n) is 1.12. The standard InChI is InChI=1S/C11H16F2N2O/c1-7(2)4-5-16-11-9(13)6-8(12)10(14-3)15-11/h6-7H,4-5H2,1-3H3,(H,14,15). The summed E-state index contributed by atoms with van der Waals surface area (Å²) in [5, 5.41) is 2.53. The second-order valence-corrected chi connectivity index (χ2v) is 3.89. The maximum absolute atomic E-state index is 13.2. The highest BCUT2D eigenvalue weighted by Crippen LogP contribution is 2.20. The van der Waals surface area contributed by atoms with Crippen LogP contribution in [0.5, 0.6) is 5.88 Å². The molecule has 0 aliphatic rings. The lowest BCUT2D eigenvalue weighted by atomic mass is 10.1. The van der Waals surface area contributed by atoms with E-state index >= 15 is 0 Å². The molecule has 0 spiro atoms. The van der Waals surface area contributed by atoms with Crippen molar-refractivity contribution in [3.63, 3.8) is 0 Å². The molecule has 0 aromatic carbocycles. The van der Waals surface area contributed by atoms with Crippen LogP contribution in [-0.2, 0) is 0 Å². The Morgan fingerprint density at radius 3 is 2.62 bits per heavy atom. The lowest BCUT2D eigenvalue weighted by Crippen LogP contribution is -2.06. The molecule has 5 heteroatoms. The van der Waals surface area contributed by atoms with Gasteiger partial charge in [-0.3, -0.25) is 0 Å². The SMILES string of the molecule is CNc1nc(OCCC(C)C)c(F)cc1F. The summed E-state index contributed by atoms with van der Waals surface area (Å²) < 4.78 is 31.4. The Bertz CT molecular complexity index is 356. The van der Waals surface area contributed by atoms with Gasteiger partial charge in [0.15, 0.2) is 17.5 Å². The van der Waals surface area contributed by atoms with Crippen LogP contribution in [0.25, 0.3) is 0 Å². The first-order chi connectivity index (χ1) is 7.54. The topological polar surface area (TPSA) is 34.2 Å². The van der Waals surface area contributed by atoms with Crippen molar-refractivity contribution in [1.29, 1.82) is 0 Å². The molecule has 0 bridgehead atoms. The third kappa shape index (κ3) is 3.32. The van der Waals surface area contributed by atoms with Crippen LogP contribution >= 0.6 is 0 Å². The minimum Gasteiger partial charge on any atom is -0.476 e. The zero-order chi connectivity index (χ0) is 12.1. The van der Waals surface area contributed by atoms with E-state index in [9.17, 15) is 8.78 Å². The predicted molar refractivity (Wildman–Crippen MR) is 58.6 cm³/mol. The first-order valence-electron chi connectivity index (χ1n) is 5.21. The van der Waals surface area contributed by atoms with Crippen LogP contribution in [0.3, 0.4) is 0 Å².